The fourth-order valence-electron chi connectivity index (χ4n) is 1.97. The third-order valence-electron chi connectivity index (χ3n) is 3.59. The number of nitrogens with one attached hydrogen (secondary N) is 1. The lowest BCUT2D eigenvalue weighted by Crippen LogP contribution is -2.37. The predicted octanol–water partition coefficient (Wildman–Crippen LogP) is 2.14. The molecule has 1 amide bonds. The number of nitrogens with zero attached hydrogens (tertiary/aromatic N) is 1. The highest BCUT2D eigenvalue weighted by atomic mass is 16.1. The van der Waals surface area contributed by atoms with Gasteiger partial charge in [0.1, 0.15) is 5.69 Å². The maximum atomic E-state index is 11.1. The minimum absolute atomic E-state index is 0.0443. The van der Waals surface area contributed by atoms with Gasteiger partial charge in [-0.1, -0.05) is 20.8 Å². The molecule has 1 rings (SSSR count). The van der Waals surface area contributed by atoms with Gasteiger partial charge in [0.25, 0.3) is 5.91 Å². The standard InChI is InChI=1S/C13H22N4O/c1-4-13(5-2,6-3)17-12-9(14)7-8-10(16-12)11(15)18/h7-8H,4-6,14H2,1-3H3,(H2,15,18)(H,16,17). The average Bonchev–Trinajstić information content (AvgIpc) is 2.38. The van der Waals surface area contributed by atoms with Crippen LogP contribution < -0.4 is 16.8 Å². The van der Waals surface area contributed by atoms with E-state index in [0.717, 1.165) is 19.3 Å². The van der Waals surface area contributed by atoms with Crippen molar-refractivity contribution in [2.45, 2.75) is 45.6 Å². The number of carbonyl (C=O) groups is 1. The van der Waals surface area contributed by atoms with E-state index < -0.39 is 5.91 Å². The molecule has 0 spiro atoms. The molecule has 1 heterocycles. The molecular formula is C13H22N4O. The molecule has 0 radical (unpaired) electrons. The van der Waals surface area contributed by atoms with Crippen LogP contribution in [0.4, 0.5) is 11.5 Å². The molecule has 0 bridgehead atoms. The zero-order chi connectivity index (χ0) is 13.8. The van der Waals surface area contributed by atoms with Crippen molar-refractivity contribution in [1.82, 2.24) is 4.98 Å². The van der Waals surface area contributed by atoms with E-state index in [1.54, 1.807) is 6.07 Å². The molecule has 0 aliphatic carbocycles. The lowest BCUT2D eigenvalue weighted by molar-refractivity contribution is 0.0995. The van der Waals surface area contributed by atoms with Crippen LogP contribution in [0.5, 0.6) is 0 Å². The van der Waals surface area contributed by atoms with Crippen LogP contribution in [-0.2, 0) is 0 Å². The van der Waals surface area contributed by atoms with E-state index >= 15 is 0 Å². The zero-order valence-corrected chi connectivity index (χ0v) is 11.3. The van der Waals surface area contributed by atoms with Gasteiger partial charge in [-0.25, -0.2) is 4.98 Å². The van der Waals surface area contributed by atoms with Gasteiger partial charge in [0, 0.05) is 5.54 Å². The maximum absolute atomic E-state index is 11.1. The fourth-order valence-corrected chi connectivity index (χ4v) is 1.97. The van der Waals surface area contributed by atoms with Crippen LogP contribution in [0.1, 0.15) is 50.5 Å². The highest BCUT2D eigenvalue weighted by molar-refractivity contribution is 5.91. The number of nitrogen functional groups attached to an aromatic ring is 1. The molecule has 0 aromatic carbocycles. The smallest absolute Gasteiger partial charge is 0.267 e. The largest absolute Gasteiger partial charge is 0.396 e. The van der Waals surface area contributed by atoms with E-state index in [1.165, 1.54) is 6.07 Å². The quantitative estimate of drug-likeness (QED) is 0.721. The summed E-state index contributed by atoms with van der Waals surface area (Å²) < 4.78 is 0. The van der Waals surface area contributed by atoms with Gasteiger partial charge in [-0.05, 0) is 31.4 Å². The second kappa shape index (κ2) is 5.71. The van der Waals surface area contributed by atoms with E-state index in [1.807, 2.05) is 0 Å². The molecule has 1 aromatic heterocycles. The number of primary amides is 1. The van der Waals surface area contributed by atoms with Crippen LogP contribution in [0.2, 0.25) is 0 Å². The normalized spacial score (nSPS) is 11.3. The topological polar surface area (TPSA) is 94.0 Å². The number of anilines is 2. The molecule has 0 saturated carbocycles. The van der Waals surface area contributed by atoms with Crippen molar-refractivity contribution in [1.29, 1.82) is 0 Å². The number of aromatic nitrogens is 1. The number of pyridine rings is 1. The van der Waals surface area contributed by atoms with Crippen LogP contribution in [0.3, 0.4) is 0 Å². The summed E-state index contributed by atoms with van der Waals surface area (Å²) in [5.41, 5.74) is 11.8. The Balaban J connectivity index is 3.09. The second-order valence-electron chi connectivity index (χ2n) is 4.46. The predicted molar refractivity (Wildman–Crippen MR) is 74.4 cm³/mol. The zero-order valence-electron chi connectivity index (χ0n) is 11.3. The van der Waals surface area contributed by atoms with Crippen molar-refractivity contribution in [3.8, 4) is 0 Å². The van der Waals surface area contributed by atoms with Crippen molar-refractivity contribution < 1.29 is 4.79 Å². The first kappa shape index (κ1) is 14.3. The van der Waals surface area contributed by atoms with Crippen LogP contribution in [0.25, 0.3) is 0 Å². The molecular weight excluding hydrogens is 228 g/mol. The van der Waals surface area contributed by atoms with Gasteiger partial charge in [0.05, 0.1) is 5.69 Å². The summed E-state index contributed by atoms with van der Waals surface area (Å²) in [6, 6.07) is 3.19. The SMILES string of the molecule is CCC(CC)(CC)Nc1nc(C(N)=O)ccc1N. The van der Waals surface area contributed by atoms with E-state index in [9.17, 15) is 4.79 Å². The lowest BCUT2D eigenvalue weighted by Gasteiger charge is -2.32. The Hall–Kier alpha value is -1.78. The molecule has 0 aliphatic rings. The molecule has 18 heavy (non-hydrogen) atoms. The van der Waals surface area contributed by atoms with Crippen LogP contribution in [0.15, 0.2) is 12.1 Å². The average molecular weight is 250 g/mol. The summed E-state index contributed by atoms with van der Waals surface area (Å²) in [7, 11) is 0. The van der Waals surface area contributed by atoms with Gasteiger partial charge >= 0.3 is 0 Å². The van der Waals surface area contributed by atoms with Crippen LogP contribution in [0, 0.1) is 0 Å². The Bertz CT molecular complexity index is 419. The van der Waals surface area contributed by atoms with Gasteiger partial charge in [-0.15, -0.1) is 0 Å². The second-order valence-corrected chi connectivity index (χ2v) is 4.46. The van der Waals surface area contributed by atoms with E-state index in [0.29, 0.717) is 11.5 Å². The van der Waals surface area contributed by atoms with Gasteiger partial charge in [-0.3, -0.25) is 4.79 Å². The Kier molecular flexibility index (Phi) is 4.53. The first-order valence-electron chi connectivity index (χ1n) is 6.32. The third kappa shape index (κ3) is 2.91. The molecule has 0 aliphatic heterocycles. The van der Waals surface area contributed by atoms with Crippen molar-refractivity contribution >= 4 is 17.4 Å². The summed E-state index contributed by atoms with van der Waals surface area (Å²) in [5, 5.41) is 3.36. The number of amides is 1. The molecule has 0 fully saturated rings. The summed E-state index contributed by atoms with van der Waals surface area (Å²) in [5.74, 6) is -0.00926. The van der Waals surface area contributed by atoms with Crippen LogP contribution in [-0.4, -0.2) is 16.4 Å². The number of nitrogens with two attached hydrogens (primary N) is 2. The summed E-state index contributed by atoms with van der Waals surface area (Å²) >= 11 is 0. The van der Waals surface area contributed by atoms with Gasteiger partial charge in [0.15, 0.2) is 5.82 Å². The Morgan fingerprint density at radius 1 is 1.28 bits per heavy atom. The summed E-state index contributed by atoms with van der Waals surface area (Å²) in [4.78, 5) is 15.3. The van der Waals surface area contributed by atoms with Gasteiger partial charge < -0.3 is 16.8 Å². The molecule has 0 atom stereocenters. The minimum atomic E-state index is -0.548. The number of hydrogen-bond donors (Lipinski definition) is 3. The van der Waals surface area contributed by atoms with Crippen molar-refractivity contribution in [2.75, 3.05) is 11.1 Å². The molecule has 100 valence electrons. The molecule has 5 nitrogen and oxygen atoms in total. The summed E-state index contributed by atoms with van der Waals surface area (Å²) in [6.07, 6.45) is 2.88. The van der Waals surface area contributed by atoms with E-state index in [2.05, 4.69) is 31.1 Å². The van der Waals surface area contributed by atoms with E-state index in [-0.39, 0.29) is 11.2 Å². The third-order valence-corrected chi connectivity index (χ3v) is 3.59. The monoisotopic (exact) mass is 250 g/mol. The summed E-state index contributed by atoms with van der Waals surface area (Å²) in [6.45, 7) is 6.36. The number of hydrogen-bond acceptors (Lipinski definition) is 4. The van der Waals surface area contributed by atoms with Crippen molar-refractivity contribution in [2.24, 2.45) is 5.73 Å². The maximum Gasteiger partial charge on any atom is 0.267 e. The Labute approximate surface area is 108 Å². The van der Waals surface area contributed by atoms with Crippen molar-refractivity contribution in [3.63, 3.8) is 0 Å². The van der Waals surface area contributed by atoms with Crippen molar-refractivity contribution in [3.05, 3.63) is 17.8 Å². The number of carbonyl (C=O) groups excluding carboxylic acids is 1. The first-order chi connectivity index (χ1) is 8.48. The number of rotatable bonds is 6. The molecule has 0 saturated heterocycles. The van der Waals surface area contributed by atoms with Gasteiger partial charge in [0.2, 0.25) is 0 Å². The molecule has 5 heteroatoms. The Morgan fingerprint density at radius 3 is 2.28 bits per heavy atom. The fraction of sp³-hybridized carbons (Fsp3) is 0.538. The lowest BCUT2D eigenvalue weighted by atomic mass is 9.90. The van der Waals surface area contributed by atoms with Crippen LogP contribution >= 0.6 is 0 Å². The minimum Gasteiger partial charge on any atom is -0.396 e. The highest BCUT2D eigenvalue weighted by Gasteiger charge is 2.25. The molecule has 0 unspecified atom stereocenters. The first-order valence-corrected chi connectivity index (χ1v) is 6.32. The Morgan fingerprint density at radius 2 is 1.83 bits per heavy atom. The van der Waals surface area contributed by atoms with Gasteiger partial charge in [-0.2, -0.15) is 0 Å². The van der Waals surface area contributed by atoms with E-state index in [4.69, 9.17) is 11.5 Å². The molecule has 5 N–H and O–H groups in total. The molecule has 1 aromatic rings. The highest BCUT2D eigenvalue weighted by Crippen LogP contribution is 2.27.